The Kier molecular flexibility index (Phi) is 8.12. The van der Waals surface area contributed by atoms with Crippen molar-refractivity contribution in [2.75, 3.05) is 7.11 Å². The molecule has 0 unspecified atom stereocenters. The maximum atomic E-state index is 12.9. The molecule has 2 amide bonds. The van der Waals surface area contributed by atoms with Crippen molar-refractivity contribution in [3.05, 3.63) is 101 Å². The highest BCUT2D eigenvalue weighted by Gasteiger charge is 2.35. The van der Waals surface area contributed by atoms with Gasteiger partial charge >= 0.3 is 0 Å². The third-order valence-electron chi connectivity index (χ3n) is 5.21. The number of nitrogens with zero attached hydrogens (tertiary/aromatic N) is 2. The Balaban J connectivity index is 1.50. The molecule has 3 aromatic rings. The quantitative estimate of drug-likeness (QED) is 0.150. The molecule has 0 N–H and O–H groups in total. The highest BCUT2D eigenvalue weighted by molar-refractivity contribution is 9.10. The van der Waals surface area contributed by atoms with Crippen molar-refractivity contribution < 1.29 is 24.0 Å². The van der Waals surface area contributed by atoms with Gasteiger partial charge in [0.05, 0.1) is 28.0 Å². The SMILES string of the molecule is COc1cc(/C=C2/SC(=O)N(Cc3ccc([N+](=O)[O-])cc3)C2=O)cc(Br)c1OCc1ccc(Br)cc1. The van der Waals surface area contributed by atoms with Crippen molar-refractivity contribution in [1.82, 2.24) is 4.90 Å². The van der Waals surface area contributed by atoms with Gasteiger partial charge in [0, 0.05) is 16.6 Å². The zero-order valence-electron chi connectivity index (χ0n) is 18.8. The number of carbonyl (C=O) groups excluding carboxylic acids is 2. The molecule has 0 aromatic heterocycles. The predicted molar refractivity (Wildman–Crippen MR) is 144 cm³/mol. The number of hydrogen-bond acceptors (Lipinski definition) is 7. The molecule has 0 atom stereocenters. The Morgan fingerprint density at radius 1 is 1.03 bits per heavy atom. The minimum absolute atomic E-state index is 0.0237. The third-order valence-corrected chi connectivity index (χ3v) is 7.23. The Hall–Kier alpha value is -3.15. The number of hydrogen-bond donors (Lipinski definition) is 0. The molecule has 0 radical (unpaired) electrons. The summed E-state index contributed by atoms with van der Waals surface area (Å²) in [5.74, 6) is 0.552. The maximum Gasteiger partial charge on any atom is 0.293 e. The van der Waals surface area contributed by atoms with Gasteiger partial charge in [-0.3, -0.25) is 24.6 Å². The summed E-state index contributed by atoms with van der Waals surface area (Å²) in [7, 11) is 1.52. The van der Waals surface area contributed by atoms with Crippen LogP contribution in [0.25, 0.3) is 6.08 Å². The minimum Gasteiger partial charge on any atom is -0.493 e. The van der Waals surface area contributed by atoms with Gasteiger partial charge in [-0.05, 0) is 74.7 Å². The van der Waals surface area contributed by atoms with E-state index in [1.807, 2.05) is 24.3 Å². The van der Waals surface area contributed by atoms with Gasteiger partial charge in [0.25, 0.3) is 16.8 Å². The number of ether oxygens (including phenoxy) is 2. The standard InChI is InChI=1S/C25H18Br2N2O6S/c1-34-21-11-17(10-20(27)23(21)35-14-16-2-6-18(26)7-3-16)12-22-24(30)28(25(31)36-22)13-15-4-8-19(9-5-15)29(32)33/h2-12H,13-14H2,1H3/b22-12+. The van der Waals surface area contributed by atoms with Crippen LogP contribution >= 0.6 is 43.6 Å². The molecule has 8 nitrogen and oxygen atoms in total. The van der Waals surface area contributed by atoms with Crippen molar-refractivity contribution >= 4 is 66.5 Å². The lowest BCUT2D eigenvalue weighted by atomic mass is 10.1. The van der Waals surface area contributed by atoms with Crippen molar-refractivity contribution in [1.29, 1.82) is 0 Å². The van der Waals surface area contributed by atoms with Gasteiger partial charge in [-0.15, -0.1) is 0 Å². The monoisotopic (exact) mass is 632 g/mol. The highest BCUT2D eigenvalue weighted by Crippen LogP contribution is 2.39. The maximum absolute atomic E-state index is 12.9. The van der Waals surface area contributed by atoms with Crippen LogP contribution in [0.5, 0.6) is 11.5 Å². The zero-order valence-corrected chi connectivity index (χ0v) is 22.8. The minimum atomic E-state index is -0.504. The second-order valence-corrected chi connectivity index (χ2v) is 10.4. The van der Waals surface area contributed by atoms with Crippen molar-refractivity contribution in [2.24, 2.45) is 0 Å². The zero-order chi connectivity index (χ0) is 25.8. The van der Waals surface area contributed by atoms with E-state index in [1.54, 1.807) is 18.2 Å². The number of thioether (sulfide) groups is 1. The van der Waals surface area contributed by atoms with Crippen molar-refractivity contribution in [3.63, 3.8) is 0 Å². The van der Waals surface area contributed by atoms with E-state index in [2.05, 4.69) is 31.9 Å². The molecule has 0 bridgehead atoms. The summed E-state index contributed by atoms with van der Waals surface area (Å²) in [6, 6.07) is 17.0. The molecule has 4 rings (SSSR count). The first-order chi connectivity index (χ1) is 17.2. The number of nitro benzene ring substituents is 1. The molecule has 184 valence electrons. The van der Waals surface area contributed by atoms with Crippen LogP contribution < -0.4 is 9.47 Å². The van der Waals surface area contributed by atoms with Crippen LogP contribution in [0.3, 0.4) is 0 Å². The third kappa shape index (κ3) is 5.97. The first-order valence-electron chi connectivity index (χ1n) is 10.5. The normalized spacial score (nSPS) is 14.4. The molecular formula is C25H18Br2N2O6S. The number of methoxy groups -OCH3 is 1. The molecule has 1 aliphatic heterocycles. The lowest BCUT2D eigenvalue weighted by Crippen LogP contribution is -2.27. The van der Waals surface area contributed by atoms with E-state index < -0.39 is 16.1 Å². The van der Waals surface area contributed by atoms with E-state index in [9.17, 15) is 19.7 Å². The van der Waals surface area contributed by atoms with E-state index in [4.69, 9.17) is 9.47 Å². The van der Waals surface area contributed by atoms with Crippen LogP contribution in [0, 0.1) is 10.1 Å². The summed E-state index contributed by atoms with van der Waals surface area (Å²) < 4.78 is 13.1. The van der Waals surface area contributed by atoms with Gasteiger partial charge in [-0.1, -0.05) is 40.2 Å². The van der Waals surface area contributed by atoms with Crippen molar-refractivity contribution in [2.45, 2.75) is 13.2 Å². The van der Waals surface area contributed by atoms with Crippen LogP contribution in [0.2, 0.25) is 0 Å². The Bertz CT molecular complexity index is 1360. The van der Waals surface area contributed by atoms with E-state index in [0.717, 1.165) is 26.7 Å². The number of imide groups is 1. The number of nitro groups is 1. The molecule has 0 spiro atoms. The molecule has 36 heavy (non-hydrogen) atoms. The average molecular weight is 634 g/mol. The number of benzene rings is 3. The topological polar surface area (TPSA) is 99.0 Å². The Morgan fingerprint density at radius 3 is 2.33 bits per heavy atom. The van der Waals surface area contributed by atoms with E-state index in [-0.39, 0.29) is 17.1 Å². The summed E-state index contributed by atoms with van der Waals surface area (Å²) in [6.45, 7) is 0.360. The summed E-state index contributed by atoms with van der Waals surface area (Å²) in [5.41, 5.74) is 2.19. The molecule has 1 aliphatic rings. The first-order valence-corrected chi connectivity index (χ1v) is 12.9. The van der Waals surface area contributed by atoms with Gasteiger partial charge in [-0.25, -0.2) is 0 Å². The molecule has 3 aromatic carbocycles. The number of rotatable bonds is 8. The van der Waals surface area contributed by atoms with Gasteiger partial charge < -0.3 is 9.47 Å². The fourth-order valence-electron chi connectivity index (χ4n) is 3.39. The average Bonchev–Trinajstić information content (AvgIpc) is 3.11. The molecule has 1 heterocycles. The van der Waals surface area contributed by atoms with E-state index >= 15 is 0 Å². The molecule has 11 heteroatoms. The Labute approximate surface area is 227 Å². The first kappa shape index (κ1) is 25.9. The molecular weight excluding hydrogens is 616 g/mol. The van der Waals surface area contributed by atoms with Crippen LogP contribution in [-0.2, 0) is 17.9 Å². The molecule has 0 saturated carbocycles. The number of halogens is 2. The van der Waals surface area contributed by atoms with Crippen LogP contribution in [0.15, 0.2) is 74.5 Å². The number of amides is 2. The van der Waals surface area contributed by atoms with E-state index in [0.29, 0.717) is 33.7 Å². The molecule has 1 saturated heterocycles. The van der Waals surface area contributed by atoms with E-state index in [1.165, 1.54) is 31.4 Å². The smallest absolute Gasteiger partial charge is 0.293 e. The van der Waals surface area contributed by atoms with Crippen LogP contribution in [0.1, 0.15) is 16.7 Å². The number of non-ortho nitro benzene ring substituents is 1. The van der Waals surface area contributed by atoms with Gasteiger partial charge in [0.1, 0.15) is 6.61 Å². The lowest BCUT2D eigenvalue weighted by Gasteiger charge is -2.14. The lowest BCUT2D eigenvalue weighted by molar-refractivity contribution is -0.384. The second-order valence-electron chi connectivity index (χ2n) is 7.64. The fourth-order valence-corrected chi connectivity index (χ4v) is 5.07. The highest BCUT2D eigenvalue weighted by atomic mass is 79.9. The Morgan fingerprint density at radius 2 is 1.69 bits per heavy atom. The summed E-state index contributed by atoms with van der Waals surface area (Å²) in [4.78, 5) is 37.1. The fraction of sp³-hybridized carbons (Fsp3) is 0.120. The summed E-state index contributed by atoms with van der Waals surface area (Å²) >= 11 is 7.76. The second kappa shape index (κ2) is 11.3. The van der Waals surface area contributed by atoms with Crippen LogP contribution in [0.4, 0.5) is 10.5 Å². The molecule has 1 fully saturated rings. The largest absolute Gasteiger partial charge is 0.493 e. The number of carbonyl (C=O) groups is 2. The van der Waals surface area contributed by atoms with Gasteiger partial charge in [-0.2, -0.15) is 0 Å². The molecule has 0 aliphatic carbocycles. The van der Waals surface area contributed by atoms with Gasteiger partial charge in [0.15, 0.2) is 11.5 Å². The predicted octanol–water partition coefficient (Wildman–Crippen LogP) is 6.94. The summed E-state index contributed by atoms with van der Waals surface area (Å²) in [6.07, 6.45) is 1.62. The van der Waals surface area contributed by atoms with Crippen molar-refractivity contribution in [3.8, 4) is 11.5 Å². The van der Waals surface area contributed by atoms with Gasteiger partial charge in [0.2, 0.25) is 0 Å². The summed E-state index contributed by atoms with van der Waals surface area (Å²) in [5, 5.41) is 10.4. The van der Waals surface area contributed by atoms with Crippen LogP contribution in [-0.4, -0.2) is 28.1 Å².